The summed E-state index contributed by atoms with van der Waals surface area (Å²) in [5.41, 5.74) is 6.29. The number of halogens is 1. The van der Waals surface area contributed by atoms with Crippen molar-refractivity contribution in [3.8, 4) is 0 Å². The molecule has 0 aliphatic carbocycles. The zero-order chi connectivity index (χ0) is 12.8. The highest BCUT2D eigenvalue weighted by atomic mass is 79.9. The summed E-state index contributed by atoms with van der Waals surface area (Å²) in [5.74, 6) is 1.02. The fourth-order valence-electron chi connectivity index (χ4n) is 1.27. The summed E-state index contributed by atoms with van der Waals surface area (Å²) in [5, 5.41) is 0. The Morgan fingerprint density at radius 3 is 2.76 bits per heavy atom. The van der Waals surface area contributed by atoms with Crippen molar-refractivity contribution in [2.45, 2.75) is 18.7 Å². The van der Waals surface area contributed by atoms with Crippen LogP contribution in [0.15, 0.2) is 27.6 Å². The minimum absolute atomic E-state index is 0.506. The molecule has 0 saturated heterocycles. The summed E-state index contributed by atoms with van der Waals surface area (Å²) in [6, 6.07) is 5.31. The third kappa shape index (κ3) is 5.19. The van der Waals surface area contributed by atoms with Crippen molar-refractivity contribution in [3.63, 3.8) is 0 Å². The number of nitrogen functional groups attached to an aromatic ring is 1. The average molecular weight is 320 g/mol. The van der Waals surface area contributed by atoms with Crippen LogP contribution in [0.5, 0.6) is 0 Å². The predicted molar refractivity (Wildman–Crippen MR) is 75.5 cm³/mol. The lowest BCUT2D eigenvalue weighted by Crippen LogP contribution is -2.10. The molecule has 1 unspecified atom stereocenters. The van der Waals surface area contributed by atoms with Crippen molar-refractivity contribution in [1.82, 2.24) is 0 Å². The third-order valence-electron chi connectivity index (χ3n) is 2.07. The van der Waals surface area contributed by atoms with Gasteiger partial charge in [-0.25, -0.2) is 0 Å². The number of hydrogen-bond donors (Lipinski definition) is 1. The molecule has 5 heteroatoms. The van der Waals surface area contributed by atoms with E-state index in [0.29, 0.717) is 30.6 Å². The monoisotopic (exact) mass is 319 g/mol. The van der Waals surface area contributed by atoms with Gasteiger partial charge in [0.15, 0.2) is 0 Å². The molecule has 0 radical (unpaired) electrons. The van der Waals surface area contributed by atoms with E-state index in [-0.39, 0.29) is 0 Å². The van der Waals surface area contributed by atoms with Gasteiger partial charge in [0.25, 0.3) is 0 Å². The van der Waals surface area contributed by atoms with Gasteiger partial charge in [-0.1, -0.05) is 13.8 Å². The topological polar surface area (TPSA) is 52.3 Å². The maximum atomic E-state index is 12.0. The van der Waals surface area contributed by atoms with Gasteiger partial charge in [-0.15, -0.1) is 0 Å². The zero-order valence-electron chi connectivity index (χ0n) is 10.1. The second-order valence-corrected chi connectivity index (χ2v) is 6.60. The molecule has 96 valence electrons. The van der Waals surface area contributed by atoms with Crippen LogP contribution in [-0.4, -0.2) is 23.2 Å². The first-order valence-corrected chi connectivity index (χ1v) is 7.63. The van der Waals surface area contributed by atoms with Crippen molar-refractivity contribution in [3.05, 3.63) is 22.7 Å². The van der Waals surface area contributed by atoms with Crippen LogP contribution < -0.4 is 5.73 Å². The molecule has 1 atom stereocenters. The summed E-state index contributed by atoms with van der Waals surface area (Å²) in [6.07, 6.45) is 0. The van der Waals surface area contributed by atoms with E-state index in [9.17, 15) is 4.21 Å². The fourth-order valence-corrected chi connectivity index (χ4v) is 3.19. The SMILES string of the molecule is CC(C)COCCS(=O)c1ccc(N)cc1Br. The fraction of sp³-hybridized carbons (Fsp3) is 0.500. The normalized spacial score (nSPS) is 12.9. The second-order valence-electron chi connectivity index (χ2n) is 4.21. The highest BCUT2D eigenvalue weighted by Crippen LogP contribution is 2.23. The predicted octanol–water partition coefficient (Wildman–Crippen LogP) is 2.81. The molecule has 0 saturated carbocycles. The Morgan fingerprint density at radius 1 is 1.47 bits per heavy atom. The summed E-state index contributed by atoms with van der Waals surface area (Å²) < 4.78 is 18.2. The number of ether oxygens (including phenoxy) is 1. The molecular weight excluding hydrogens is 302 g/mol. The van der Waals surface area contributed by atoms with E-state index in [4.69, 9.17) is 10.5 Å². The lowest BCUT2D eigenvalue weighted by molar-refractivity contribution is 0.123. The van der Waals surface area contributed by atoms with Crippen LogP contribution in [0.25, 0.3) is 0 Å². The number of benzene rings is 1. The van der Waals surface area contributed by atoms with Crippen LogP contribution in [-0.2, 0) is 15.5 Å². The number of hydrogen-bond acceptors (Lipinski definition) is 3. The summed E-state index contributed by atoms with van der Waals surface area (Å²) in [6.45, 7) is 5.41. The van der Waals surface area contributed by atoms with Gasteiger partial charge in [0.1, 0.15) is 0 Å². The van der Waals surface area contributed by atoms with Crippen molar-refractivity contribution in [2.75, 3.05) is 24.7 Å². The van der Waals surface area contributed by atoms with Gasteiger partial charge < -0.3 is 10.5 Å². The molecule has 1 aromatic rings. The molecule has 17 heavy (non-hydrogen) atoms. The van der Waals surface area contributed by atoms with Gasteiger partial charge >= 0.3 is 0 Å². The van der Waals surface area contributed by atoms with E-state index in [1.807, 2.05) is 0 Å². The molecule has 0 amide bonds. The van der Waals surface area contributed by atoms with Gasteiger partial charge in [-0.05, 0) is 40.0 Å². The second kappa shape index (κ2) is 7.13. The molecule has 0 heterocycles. The first-order chi connectivity index (χ1) is 8.00. The molecule has 0 fully saturated rings. The molecule has 1 aromatic carbocycles. The molecular formula is C12H18BrNO2S. The number of nitrogens with two attached hydrogens (primary N) is 1. The van der Waals surface area contributed by atoms with Gasteiger partial charge in [-0.3, -0.25) is 4.21 Å². The van der Waals surface area contributed by atoms with E-state index in [0.717, 1.165) is 9.37 Å². The van der Waals surface area contributed by atoms with Gasteiger partial charge in [-0.2, -0.15) is 0 Å². The van der Waals surface area contributed by atoms with Crippen molar-refractivity contribution < 1.29 is 8.95 Å². The molecule has 0 bridgehead atoms. The highest BCUT2D eigenvalue weighted by molar-refractivity contribution is 9.10. The van der Waals surface area contributed by atoms with Crippen molar-refractivity contribution in [2.24, 2.45) is 5.92 Å². The standard InChI is InChI=1S/C12H18BrNO2S/c1-9(2)8-16-5-6-17(15)12-4-3-10(14)7-11(12)13/h3-4,7,9H,5-6,8,14H2,1-2H3. The van der Waals surface area contributed by atoms with E-state index in [1.54, 1.807) is 18.2 Å². The minimum Gasteiger partial charge on any atom is -0.399 e. The summed E-state index contributed by atoms with van der Waals surface area (Å²) in [4.78, 5) is 0.771. The van der Waals surface area contributed by atoms with Crippen LogP contribution in [0.2, 0.25) is 0 Å². The molecule has 3 nitrogen and oxygen atoms in total. The Balaban J connectivity index is 2.47. The van der Waals surface area contributed by atoms with Crippen LogP contribution in [0.4, 0.5) is 5.69 Å². The summed E-state index contributed by atoms with van der Waals surface area (Å²) in [7, 11) is -1.05. The molecule has 2 N–H and O–H groups in total. The first kappa shape index (κ1) is 14.7. The van der Waals surface area contributed by atoms with Gasteiger partial charge in [0.2, 0.25) is 0 Å². The lowest BCUT2D eigenvalue weighted by Gasteiger charge is -2.08. The minimum atomic E-state index is -1.05. The van der Waals surface area contributed by atoms with E-state index >= 15 is 0 Å². The largest absolute Gasteiger partial charge is 0.399 e. The lowest BCUT2D eigenvalue weighted by atomic mass is 10.2. The molecule has 0 spiro atoms. The Morgan fingerprint density at radius 2 is 2.18 bits per heavy atom. The van der Waals surface area contributed by atoms with E-state index < -0.39 is 10.8 Å². The molecule has 0 aliphatic rings. The summed E-state index contributed by atoms with van der Waals surface area (Å²) >= 11 is 3.37. The van der Waals surface area contributed by atoms with Gasteiger partial charge in [0, 0.05) is 16.8 Å². The van der Waals surface area contributed by atoms with Crippen LogP contribution in [0.3, 0.4) is 0 Å². The number of rotatable bonds is 6. The van der Waals surface area contributed by atoms with Crippen molar-refractivity contribution >= 4 is 32.4 Å². The van der Waals surface area contributed by atoms with Crippen molar-refractivity contribution in [1.29, 1.82) is 0 Å². The van der Waals surface area contributed by atoms with E-state index in [1.165, 1.54) is 0 Å². The maximum Gasteiger partial charge on any atom is 0.0585 e. The smallest absolute Gasteiger partial charge is 0.0585 e. The highest BCUT2D eigenvalue weighted by Gasteiger charge is 2.08. The third-order valence-corrected chi connectivity index (χ3v) is 4.37. The molecule has 1 rings (SSSR count). The van der Waals surface area contributed by atoms with Crippen LogP contribution in [0.1, 0.15) is 13.8 Å². The Kier molecular flexibility index (Phi) is 6.16. The van der Waals surface area contributed by atoms with E-state index in [2.05, 4.69) is 29.8 Å². The Bertz CT molecular complexity index is 396. The Labute approximate surface area is 113 Å². The maximum absolute atomic E-state index is 12.0. The molecule has 0 aromatic heterocycles. The quantitative estimate of drug-likeness (QED) is 0.648. The zero-order valence-corrected chi connectivity index (χ0v) is 12.5. The Hall–Kier alpha value is -0.390. The molecule has 0 aliphatic heterocycles. The van der Waals surface area contributed by atoms with Crippen LogP contribution in [0, 0.1) is 5.92 Å². The van der Waals surface area contributed by atoms with Gasteiger partial charge in [0.05, 0.1) is 28.1 Å². The van der Waals surface area contributed by atoms with Crippen LogP contribution >= 0.6 is 15.9 Å². The number of anilines is 1. The average Bonchev–Trinajstić information content (AvgIpc) is 2.23. The first-order valence-electron chi connectivity index (χ1n) is 5.52.